The molecule has 1 N–H and O–H groups in total. The number of rotatable bonds is 4. The summed E-state index contributed by atoms with van der Waals surface area (Å²) in [6.07, 6.45) is 6.48. The van der Waals surface area contributed by atoms with E-state index in [4.69, 9.17) is 0 Å². The van der Waals surface area contributed by atoms with E-state index < -0.39 is 0 Å². The van der Waals surface area contributed by atoms with E-state index in [9.17, 15) is 4.79 Å². The van der Waals surface area contributed by atoms with E-state index in [1.165, 1.54) is 0 Å². The standard InChI is InChI=1S/C16H23N5O.ClH/c1-3-9-20(13-4-7-17-8-5-13)16(22)14-11-18-21-10-6-12(2)19-15(14)21;/h6,10-11,13,17H,3-5,7-9H2,1-2H3;1H. The molecule has 0 aromatic carbocycles. The van der Waals surface area contributed by atoms with Gasteiger partial charge in [0.15, 0.2) is 5.65 Å². The van der Waals surface area contributed by atoms with E-state index in [0.29, 0.717) is 17.3 Å². The fourth-order valence-electron chi connectivity index (χ4n) is 3.07. The Morgan fingerprint density at radius 3 is 2.87 bits per heavy atom. The lowest BCUT2D eigenvalue weighted by atomic mass is 10.0. The molecule has 126 valence electrons. The van der Waals surface area contributed by atoms with Crippen molar-refractivity contribution in [3.8, 4) is 0 Å². The molecule has 23 heavy (non-hydrogen) atoms. The molecule has 1 saturated heterocycles. The van der Waals surface area contributed by atoms with Crippen LogP contribution >= 0.6 is 12.4 Å². The number of carbonyl (C=O) groups is 1. The van der Waals surface area contributed by atoms with Crippen LogP contribution in [0.25, 0.3) is 5.65 Å². The first-order valence-corrected chi connectivity index (χ1v) is 8.03. The summed E-state index contributed by atoms with van der Waals surface area (Å²) in [6.45, 7) is 6.78. The number of nitrogens with one attached hydrogen (secondary N) is 1. The number of hydrogen-bond acceptors (Lipinski definition) is 4. The Morgan fingerprint density at radius 2 is 2.17 bits per heavy atom. The maximum absolute atomic E-state index is 13.0. The molecule has 0 bridgehead atoms. The monoisotopic (exact) mass is 337 g/mol. The van der Waals surface area contributed by atoms with E-state index in [1.54, 1.807) is 10.7 Å². The van der Waals surface area contributed by atoms with Gasteiger partial charge in [0, 0.05) is 24.5 Å². The number of aryl methyl sites for hydroxylation is 1. The van der Waals surface area contributed by atoms with E-state index in [-0.39, 0.29) is 18.3 Å². The predicted octanol–water partition coefficient (Wildman–Crippen LogP) is 2.06. The third-order valence-corrected chi connectivity index (χ3v) is 4.21. The van der Waals surface area contributed by atoms with Crippen molar-refractivity contribution in [2.75, 3.05) is 19.6 Å². The van der Waals surface area contributed by atoms with Crippen molar-refractivity contribution in [1.82, 2.24) is 24.8 Å². The van der Waals surface area contributed by atoms with Crippen molar-refractivity contribution in [2.24, 2.45) is 0 Å². The van der Waals surface area contributed by atoms with Gasteiger partial charge < -0.3 is 10.2 Å². The van der Waals surface area contributed by atoms with Crippen molar-refractivity contribution < 1.29 is 4.79 Å². The highest BCUT2D eigenvalue weighted by molar-refractivity contribution is 5.99. The van der Waals surface area contributed by atoms with Crippen LogP contribution in [0.3, 0.4) is 0 Å². The van der Waals surface area contributed by atoms with Crippen LogP contribution in [-0.4, -0.2) is 51.1 Å². The maximum Gasteiger partial charge on any atom is 0.259 e. The summed E-state index contributed by atoms with van der Waals surface area (Å²) in [4.78, 5) is 19.5. The van der Waals surface area contributed by atoms with Gasteiger partial charge in [0.1, 0.15) is 5.56 Å². The fourth-order valence-corrected chi connectivity index (χ4v) is 3.07. The first-order chi connectivity index (χ1) is 10.7. The third kappa shape index (κ3) is 3.64. The SMILES string of the molecule is CCCN(C(=O)c1cnn2ccc(C)nc12)C1CCNCC1.Cl. The summed E-state index contributed by atoms with van der Waals surface area (Å²) in [6, 6.07) is 2.21. The summed E-state index contributed by atoms with van der Waals surface area (Å²) in [7, 11) is 0. The maximum atomic E-state index is 13.0. The zero-order chi connectivity index (χ0) is 15.5. The minimum atomic E-state index is 0. The molecule has 3 heterocycles. The van der Waals surface area contributed by atoms with Gasteiger partial charge in [0.25, 0.3) is 5.91 Å². The van der Waals surface area contributed by atoms with Gasteiger partial charge in [-0.15, -0.1) is 12.4 Å². The summed E-state index contributed by atoms with van der Waals surface area (Å²) < 4.78 is 1.67. The Kier molecular flexibility index (Phi) is 5.96. The van der Waals surface area contributed by atoms with E-state index >= 15 is 0 Å². The van der Waals surface area contributed by atoms with Crippen molar-refractivity contribution in [3.63, 3.8) is 0 Å². The van der Waals surface area contributed by atoms with E-state index in [2.05, 4.69) is 22.3 Å². The van der Waals surface area contributed by atoms with Gasteiger partial charge in [-0.1, -0.05) is 6.92 Å². The van der Waals surface area contributed by atoms with Crippen molar-refractivity contribution in [2.45, 2.75) is 39.2 Å². The molecular formula is C16H24ClN5O. The molecule has 1 aliphatic rings. The number of amides is 1. The highest BCUT2D eigenvalue weighted by Gasteiger charge is 2.27. The average molecular weight is 338 g/mol. The Labute approximate surface area is 142 Å². The third-order valence-electron chi connectivity index (χ3n) is 4.21. The molecule has 0 aliphatic carbocycles. The normalized spacial score (nSPS) is 15.4. The van der Waals surface area contributed by atoms with Gasteiger partial charge >= 0.3 is 0 Å². The zero-order valence-corrected chi connectivity index (χ0v) is 14.5. The number of halogens is 1. The molecule has 7 heteroatoms. The summed E-state index contributed by atoms with van der Waals surface area (Å²) in [5.41, 5.74) is 2.15. The van der Waals surface area contributed by atoms with Crippen molar-refractivity contribution >= 4 is 24.0 Å². The summed E-state index contributed by atoms with van der Waals surface area (Å²) >= 11 is 0. The summed E-state index contributed by atoms with van der Waals surface area (Å²) in [5, 5.41) is 7.62. The highest BCUT2D eigenvalue weighted by Crippen LogP contribution is 2.18. The number of nitrogens with zero attached hydrogens (tertiary/aromatic N) is 4. The lowest BCUT2D eigenvalue weighted by Crippen LogP contribution is -2.46. The lowest BCUT2D eigenvalue weighted by Gasteiger charge is -2.34. The van der Waals surface area contributed by atoms with E-state index in [1.807, 2.05) is 24.1 Å². The highest BCUT2D eigenvalue weighted by atomic mass is 35.5. The molecule has 3 rings (SSSR count). The van der Waals surface area contributed by atoms with Gasteiger partial charge in [0.05, 0.1) is 6.20 Å². The molecule has 1 amide bonds. The second-order valence-electron chi connectivity index (χ2n) is 5.88. The number of aromatic nitrogens is 3. The van der Waals surface area contributed by atoms with E-state index in [0.717, 1.165) is 44.6 Å². The molecule has 1 fully saturated rings. The van der Waals surface area contributed by atoms with Gasteiger partial charge in [-0.3, -0.25) is 4.79 Å². The molecular weight excluding hydrogens is 314 g/mol. The Hall–Kier alpha value is -1.66. The second-order valence-corrected chi connectivity index (χ2v) is 5.88. The molecule has 0 spiro atoms. The predicted molar refractivity (Wildman–Crippen MR) is 92.2 cm³/mol. The van der Waals surface area contributed by atoms with Gasteiger partial charge in [-0.2, -0.15) is 5.10 Å². The van der Waals surface area contributed by atoms with Crippen LogP contribution in [0.15, 0.2) is 18.5 Å². The molecule has 0 radical (unpaired) electrons. The molecule has 0 unspecified atom stereocenters. The van der Waals surface area contributed by atoms with Gasteiger partial charge in [-0.05, 0) is 45.3 Å². The molecule has 0 saturated carbocycles. The Balaban J connectivity index is 0.00000192. The van der Waals surface area contributed by atoms with Crippen LogP contribution in [0.2, 0.25) is 0 Å². The first-order valence-electron chi connectivity index (χ1n) is 8.03. The minimum absolute atomic E-state index is 0. The molecule has 2 aromatic rings. The van der Waals surface area contributed by atoms with Crippen LogP contribution in [0.5, 0.6) is 0 Å². The Morgan fingerprint density at radius 1 is 1.43 bits per heavy atom. The lowest BCUT2D eigenvalue weighted by molar-refractivity contribution is 0.0644. The molecule has 0 atom stereocenters. The largest absolute Gasteiger partial charge is 0.335 e. The fraction of sp³-hybridized carbons (Fsp3) is 0.562. The van der Waals surface area contributed by atoms with Gasteiger partial charge in [0.2, 0.25) is 0 Å². The van der Waals surface area contributed by atoms with Crippen molar-refractivity contribution in [1.29, 1.82) is 0 Å². The minimum Gasteiger partial charge on any atom is -0.335 e. The topological polar surface area (TPSA) is 62.5 Å². The first kappa shape index (κ1) is 17.7. The second kappa shape index (κ2) is 7.75. The molecule has 2 aromatic heterocycles. The van der Waals surface area contributed by atoms with Crippen LogP contribution < -0.4 is 5.32 Å². The van der Waals surface area contributed by atoms with Crippen LogP contribution in [-0.2, 0) is 0 Å². The average Bonchev–Trinajstić information content (AvgIpc) is 2.96. The van der Waals surface area contributed by atoms with Crippen LogP contribution in [0.4, 0.5) is 0 Å². The number of hydrogen-bond donors (Lipinski definition) is 1. The summed E-state index contributed by atoms with van der Waals surface area (Å²) in [5.74, 6) is 0.0573. The number of piperidine rings is 1. The van der Waals surface area contributed by atoms with Crippen molar-refractivity contribution in [3.05, 3.63) is 29.7 Å². The Bertz CT molecular complexity index is 666. The van der Waals surface area contributed by atoms with Crippen LogP contribution in [0.1, 0.15) is 42.2 Å². The number of fused-ring (bicyclic) bond motifs is 1. The van der Waals surface area contributed by atoms with Gasteiger partial charge in [-0.25, -0.2) is 9.50 Å². The zero-order valence-electron chi connectivity index (χ0n) is 13.7. The number of carbonyl (C=O) groups excluding carboxylic acids is 1. The molecule has 1 aliphatic heterocycles. The van der Waals surface area contributed by atoms with Crippen LogP contribution in [0, 0.1) is 6.92 Å². The smallest absolute Gasteiger partial charge is 0.259 e. The quantitative estimate of drug-likeness (QED) is 0.927. The molecule has 6 nitrogen and oxygen atoms in total.